The van der Waals surface area contributed by atoms with Crippen LogP contribution in [-0.2, 0) is 0 Å². The first-order chi connectivity index (χ1) is 18.9. The number of carbonyl (C=O) groups is 1. The summed E-state index contributed by atoms with van der Waals surface area (Å²) in [6, 6.07) is 20.7. The monoisotopic (exact) mass is 522 g/mol. The maximum absolute atomic E-state index is 13.0. The van der Waals surface area contributed by atoms with Gasteiger partial charge in [0, 0.05) is 22.6 Å². The predicted octanol–water partition coefficient (Wildman–Crippen LogP) is 7.06. The van der Waals surface area contributed by atoms with Gasteiger partial charge < -0.3 is 24.4 Å². The van der Waals surface area contributed by atoms with E-state index < -0.39 is 11.9 Å². The summed E-state index contributed by atoms with van der Waals surface area (Å²) in [5, 5.41) is 10.8. The highest BCUT2D eigenvalue weighted by Crippen LogP contribution is 2.44. The zero-order chi connectivity index (χ0) is 27.5. The molecule has 198 valence electrons. The summed E-state index contributed by atoms with van der Waals surface area (Å²) in [7, 11) is 0. The molecule has 1 aromatic heterocycles. The number of esters is 1. The van der Waals surface area contributed by atoms with Gasteiger partial charge in [-0.3, -0.25) is 0 Å². The van der Waals surface area contributed by atoms with Gasteiger partial charge in [-0.05, 0) is 55.7 Å². The van der Waals surface area contributed by atoms with E-state index in [9.17, 15) is 10.1 Å². The van der Waals surface area contributed by atoms with E-state index in [0.29, 0.717) is 29.1 Å². The molecule has 0 amide bonds. The molecule has 1 unspecified atom stereocenters. The minimum Gasteiger partial charge on any atom is -0.494 e. The number of hydrogen-bond acceptors (Lipinski definition) is 7. The highest BCUT2D eigenvalue weighted by Gasteiger charge is 2.31. The molecule has 1 aliphatic rings. The number of fused-ring (bicyclic) bond motifs is 2. The van der Waals surface area contributed by atoms with Gasteiger partial charge >= 0.3 is 5.97 Å². The fourth-order valence-electron chi connectivity index (χ4n) is 4.85. The summed E-state index contributed by atoms with van der Waals surface area (Å²) in [4.78, 5) is 13.0. The zero-order valence-corrected chi connectivity index (χ0v) is 22.2. The molecule has 3 aromatic carbocycles. The Balaban J connectivity index is 1.43. The molecule has 1 atom stereocenters. The fourth-order valence-corrected chi connectivity index (χ4v) is 4.85. The SMILES string of the molecule is CCCCCOc1cccc(C2C(C#N)=C(N)Oc3cc(OC(=O)c4oc5cc(C)ccc5c4C)ccc32)c1. The Morgan fingerprint density at radius 1 is 1.05 bits per heavy atom. The lowest BCUT2D eigenvalue weighted by Gasteiger charge is -2.27. The van der Waals surface area contributed by atoms with Crippen LogP contribution in [0.1, 0.15) is 64.9 Å². The molecule has 39 heavy (non-hydrogen) atoms. The number of nitrogens with zero attached hydrogens (tertiary/aromatic N) is 1. The molecule has 5 rings (SSSR count). The third kappa shape index (κ3) is 5.19. The summed E-state index contributed by atoms with van der Waals surface area (Å²) in [6.07, 6.45) is 3.20. The molecule has 2 heterocycles. The average Bonchev–Trinajstić information content (AvgIpc) is 3.25. The van der Waals surface area contributed by atoms with Crippen LogP contribution < -0.4 is 19.9 Å². The first-order valence-corrected chi connectivity index (χ1v) is 13.1. The largest absolute Gasteiger partial charge is 0.494 e. The maximum Gasteiger partial charge on any atom is 0.379 e. The molecule has 1 aliphatic heterocycles. The van der Waals surface area contributed by atoms with E-state index in [1.165, 1.54) is 0 Å². The lowest BCUT2D eigenvalue weighted by Crippen LogP contribution is -2.21. The van der Waals surface area contributed by atoms with E-state index in [2.05, 4.69) is 13.0 Å². The molecule has 0 saturated heterocycles. The Morgan fingerprint density at radius 2 is 1.90 bits per heavy atom. The molecule has 7 heteroatoms. The summed E-state index contributed by atoms with van der Waals surface area (Å²) in [6.45, 7) is 6.57. The van der Waals surface area contributed by atoms with Crippen molar-refractivity contribution >= 4 is 16.9 Å². The molecular formula is C32H30N2O5. The molecule has 0 radical (unpaired) electrons. The van der Waals surface area contributed by atoms with Gasteiger partial charge in [-0.2, -0.15) is 5.26 Å². The van der Waals surface area contributed by atoms with Crippen LogP contribution in [0.5, 0.6) is 17.2 Å². The number of ether oxygens (including phenoxy) is 3. The van der Waals surface area contributed by atoms with Crippen molar-refractivity contribution in [1.82, 2.24) is 0 Å². The number of nitriles is 1. The lowest BCUT2D eigenvalue weighted by atomic mass is 9.83. The maximum atomic E-state index is 13.0. The number of aryl methyl sites for hydroxylation is 2. The number of unbranched alkanes of at least 4 members (excludes halogenated alkanes) is 2. The van der Waals surface area contributed by atoms with Crippen LogP contribution >= 0.6 is 0 Å². The van der Waals surface area contributed by atoms with Gasteiger partial charge in [0.05, 0.1) is 12.5 Å². The molecule has 2 N–H and O–H groups in total. The topological polar surface area (TPSA) is 108 Å². The average molecular weight is 523 g/mol. The second-order valence-corrected chi connectivity index (χ2v) is 9.70. The van der Waals surface area contributed by atoms with E-state index in [0.717, 1.165) is 47.1 Å². The van der Waals surface area contributed by atoms with Crippen LogP contribution in [0.3, 0.4) is 0 Å². The molecule has 7 nitrogen and oxygen atoms in total. The van der Waals surface area contributed by atoms with Crippen LogP contribution in [0.2, 0.25) is 0 Å². The summed E-state index contributed by atoms with van der Waals surface area (Å²) < 4.78 is 23.2. The molecular weight excluding hydrogens is 492 g/mol. The van der Waals surface area contributed by atoms with Crippen molar-refractivity contribution in [3.05, 3.63) is 100 Å². The second-order valence-electron chi connectivity index (χ2n) is 9.70. The smallest absolute Gasteiger partial charge is 0.379 e. The third-order valence-corrected chi connectivity index (χ3v) is 6.89. The van der Waals surface area contributed by atoms with E-state index in [4.69, 9.17) is 24.4 Å². The highest BCUT2D eigenvalue weighted by molar-refractivity contribution is 5.97. The van der Waals surface area contributed by atoms with Crippen molar-refractivity contribution in [2.45, 2.75) is 46.0 Å². The van der Waals surface area contributed by atoms with Crippen LogP contribution in [0.25, 0.3) is 11.0 Å². The molecule has 4 aromatic rings. The molecule has 0 saturated carbocycles. The molecule has 0 fully saturated rings. The van der Waals surface area contributed by atoms with Crippen molar-refractivity contribution in [3.8, 4) is 23.3 Å². The van der Waals surface area contributed by atoms with E-state index in [-0.39, 0.29) is 17.4 Å². The van der Waals surface area contributed by atoms with Gasteiger partial charge in [-0.25, -0.2) is 4.79 Å². The Labute approximate surface area is 227 Å². The Hall–Kier alpha value is -4.70. The predicted molar refractivity (Wildman–Crippen MR) is 148 cm³/mol. The summed E-state index contributed by atoms with van der Waals surface area (Å²) in [5.74, 6) is 0.508. The number of hydrogen-bond donors (Lipinski definition) is 1. The van der Waals surface area contributed by atoms with Gasteiger partial charge in [0.15, 0.2) is 0 Å². The molecule has 0 bridgehead atoms. The number of furan rings is 1. The first-order valence-electron chi connectivity index (χ1n) is 13.1. The number of allylic oxidation sites excluding steroid dienone is 1. The van der Waals surface area contributed by atoms with Crippen molar-refractivity contribution in [1.29, 1.82) is 5.26 Å². The van der Waals surface area contributed by atoms with Gasteiger partial charge in [-0.1, -0.05) is 50.1 Å². The van der Waals surface area contributed by atoms with Crippen molar-refractivity contribution < 1.29 is 23.4 Å². The van der Waals surface area contributed by atoms with Crippen molar-refractivity contribution in [2.75, 3.05) is 6.61 Å². The standard InChI is InChI=1S/C32H30N2O5/c1-4-5-6-14-36-22-9-7-8-21(16-22)29-25-13-11-23(17-28(25)39-31(34)26(29)18-33)37-32(35)30-20(3)24-12-10-19(2)15-27(24)38-30/h7-13,15-17,29H,4-6,14,34H2,1-3H3. The van der Waals surface area contributed by atoms with Gasteiger partial charge in [-0.15, -0.1) is 0 Å². The first kappa shape index (κ1) is 25.9. The van der Waals surface area contributed by atoms with Gasteiger partial charge in [0.2, 0.25) is 11.6 Å². The lowest BCUT2D eigenvalue weighted by molar-refractivity contribution is 0.0702. The number of benzene rings is 3. The van der Waals surface area contributed by atoms with E-state index in [1.807, 2.05) is 56.3 Å². The Bertz CT molecular complexity index is 1630. The Kier molecular flexibility index (Phi) is 7.29. The van der Waals surface area contributed by atoms with Crippen LogP contribution in [0.4, 0.5) is 0 Å². The van der Waals surface area contributed by atoms with Gasteiger partial charge in [0.25, 0.3) is 0 Å². The van der Waals surface area contributed by atoms with Crippen LogP contribution in [0, 0.1) is 25.2 Å². The second kappa shape index (κ2) is 11.0. The third-order valence-electron chi connectivity index (χ3n) is 6.89. The number of rotatable bonds is 8. The Morgan fingerprint density at radius 3 is 2.69 bits per heavy atom. The minimum absolute atomic E-state index is 0.0104. The van der Waals surface area contributed by atoms with Crippen molar-refractivity contribution in [2.24, 2.45) is 5.73 Å². The van der Waals surface area contributed by atoms with E-state index in [1.54, 1.807) is 18.2 Å². The van der Waals surface area contributed by atoms with E-state index >= 15 is 0 Å². The zero-order valence-electron chi connectivity index (χ0n) is 22.2. The molecule has 0 spiro atoms. The normalized spacial score (nSPS) is 14.5. The fraction of sp³-hybridized carbons (Fsp3) is 0.250. The highest BCUT2D eigenvalue weighted by atomic mass is 16.5. The van der Waals surface area contributed by atoms with Crippen LogP contribution in [0.15, 0.2) is 76.5 Å². The summed E-state index contributed by atoms with van der Waals surface area (Å²) >= 11 is 0. The van der Waals surface area contributed by atoms with Gasteiger partial charge in [0.1, 0.15) is 34.5 Å². The quantitative estimate of drug-likeness (QED) is 0.150. The number of carbonyl (C=O) groups excluding carboxylic acids is 1. The minimum atomic E-state index is -0.609. The molecule has 0 aliphatic carbocycles. The van der Waals surface area contributed by atoms with Crippen molar-refractivity contribution in [3.63, 3.8) is 0 Å². The number of nitrogens with two attached hydrogens (primary N) is 1. The summed E-state index contributed by atoms with van der Waals surface area (Å²) in [5.41, 5.74) is 10.5. The van der Waals surface area contributed by atoms with Crippen LogP contribution in [-0.4, -0.2) is 12.6 Å².